The summed E-state index contributed by atoms with van der Waals surface area (Å²) in [6.45, 7) is 2.16. The van der Waals surface area contributed by atoms with Crippen LogP contribution in [0.5, 0.6) is 5.75 Å². The molecule has 3 aromatic rings. The fraction of sp³-hybridized carbons (Fsp3) is 0.261. The Hall–Kier alpha value is -2.78. The summed E-state index contributed by atoms with van der Waals surface area (Å²) >= 11 is 6.57. The Balaban J connectivity index is 2.21. The molecule has 0 saturated heterocycles. The average molecular weight is 498 g/mol. The highest BCUT2D eigenvalue weighted by atomic mass is 35.5. The minimum atomic E-state index is -1.23. The van der Waals surface area contributed by atoms with Gasteiger partial charge in [-0.2, -0.15) is 0 Å². The van der Waals surface area contributed by atoms with Crippen molar-refractivity contribution in [2.45, 2.75) is 29.5 Å². The number of carbonyl (C=O) groups excluding carboxylic acids is 2. The average Bonchev–Trinajstić information content (AvgIpc) is 2.80. The van der Waals surface area contributed by atoms with E-state index in [9.17, 15) is 22.8 Å². The van der Waals surface area contributed by atoms with Crippen molar-refractivity contribution in [1.82, 2.24) is 4.98 Å². The van der Waals surface area contributed by atoms with Gasteiger partial charge in [0, 0.05) is 11.5 Å². The van der Waals surface area contributed by atoms with Crippen LogP contribution in [0.3, 0.4) is 0 Å². The fourth-order valence-corrected chi connectivity index (χ4v) is 4.01. The first-order valence-corrected chi connectivity index (χ1v) is 11.2. The van der Waals surface area contributed by atoms with Crippen LogP contribution in [-0.2, 0) is 9.53 Å². The van der Waals surface area contributed by atoms with Gasteiger partial charge >= 0.3 is 11.9 Å². The van der Waals surface area contributed by atoms with Gasteiger partial charge in [-0.25, -0.2) is 22.9 Å². The van der Waals surface area contributed by atoms with E-state index in [1.165, 1.54) is 0 Å². The molecule has 174 valence electrons. The minimum Gasteiger partial charge on any atom is -0.462 e. The summed E-state index contributed by atoms with van der Waals surface area (Å²) in [5.41, 5.74) is 0.207. The van der Waals surface area contributed by atoms with E-state index in [1.54, 1.807) is 44.2 Å². The number of thioether (sulfide) groups is 1. The van der Waals surface area contributed by atoms with E-state index in [4.69, 9.17) is 21.1 Å². The molecule has 0 amide bonds. The monoisotopic (exact) mass is 497 g/mol. The largest absolute Gasteiger partial charge is 0.462 e. The van der Waals surface area contributed by atoms with Gasteiger partial charge in [-0.15, -0.1) is 11.6 Å². The van der Waals surface area contributed by atoms with Gasteiger partial charge in [0.2, 0.25) is 0 Å². The first kappa shape index (κ1) is 24.9. The summed E-state index contributed by atoms with van der Waals surface area (Å²) in [6, 6.07) is 10.3. The Labute approximate surface area is 197 Å². The molecule has 1 heterocycles. The number of carbonyl (C=O) groups is 2. The molecule has 0 spiro atoms. The van der Waals surface area contributed by atoms with Crippen molar-refractivity contribution < 1.29 is 32.2 Å². The maximum atomic E-state index is 14.1. The van der Waals surface area contributed by atoms with Crippen LogP contribution in [0, 0.1) is 11.6 Å². The Kier molecular flexibility index (Phi) is 8.20. The number of fused-ring (bicyclic) bond motifs is 1. The first-order chi connectivity index (χ1) is 15.8. The van der Waals surface area contributed by atoms with Crippen molar-refractivity contribution in [3.05, 3.63) is 65.2 Å². The molecule has 0 N–H and O–H groups in total. The highest BCUT2D eigenvalue weighted by Crippen LogP contribution is 2.39. The Morgan fingerprint density at radius 1 is 1.15 bits per heavy atom. The molecule has 1 aromatic heterocycles. The maximum Gasteiger partial charge on any atom is 0.344 e. The molecule has 0 unspecified atom stereocenters. The lowest BCUT2D eigenvalue weighted by Gasteiger charge is -2.18. The summed E-state index contributed by atoms with van der Waals surface area (Å²) in [7, 11) is 0. The second-order valence-electron chi connectivity index (χ2n) is 6.86. The molecule has 0 fully saturated rings. The number of hydrogen-bond donors (Lipinski definition) is 0. The topological polar surface area (TPSA) is 65.5 Å². The van der Waals surface area contributed by atoms with Crippen molar-refractivity contribution in [1.29, 1.82) is 0 Å². The zero-order valence-electron chi connectivity index (χ0n) is 17.6. The van der Waals surface area contributed by atoms with Gasteiger partial charge in [-0.05, 0) is 25.5 Å². The quantitative estimate of drug-likeness (QED) is 0.215. The number of benzene rings is 2. The number of alkyl halides is 2. The number of ether oxygens (including phenoxy) is 2. The highest BCUT2D eigenvalue weighted by molar-refractivity contribution is 8.01. The van der Waals surface area contributed by atoms with E-state index in [-0.39, 0.29) is 33.8 Å². The van der Waals surface area contributed by atoms with Crippen molar-refractivity contribution in [3.63, 3.8) is 0 Å². The van der Waals surface area contributed by atoms with Crippen LogP contribution < -0.4 is 4.74 Å². The third-order valence-corrected chi connectivity index (χ3v) is 5.93. The molecule has 2 aromatic carbocycles. The zero-order chi connectivity index (χ0) is 24.1. The molecular formula is C23H19ClF3NO4S. The van der Waals surface area contributed by atoms with Crippen LogP contribution in [-0.4, -0.2) is 34.9 Å². The molecule has 0 aliphatic rings. The molecular weight excluding hydrogens is 479 g/mol. The van der Waals surface area contributed by atoms with Crippen LogP contribution in [0.25, 0.3) is 10.9 Å². The number of halogens is 4. The van der Waals surface area contributed by atoms with Crippen LogP contribution in [0.1, 0.15) is 35.7 Å². The van der Waals surface area contributed by atoms with E-state index in [0.29, 0.717) is 17.3 Å². The maximum absolute atomic E-state index is 14.1. The molecule has 3 rings (SSSR count). The van der Waals surface area contributed by atoms with Crippen molar-refractivity contribution in [3.8, 4) is 5.75 Å². The standard InChI is InChI=1S/C23H19ClF3NO4S/c1-3-31-23(30)19-20(32-22(29)12(2)13-7-5-4-6-8-13)14-9-15(26)16(27)10-17(14)28-21(19)33-18(24)11-25/h4-10,12,18H,3,11H2,1-2H3/t12-,18-/m1/s1. The predicted molar refractivity (Wildman–Crippen MR) is 120 cm³/mol. The molecule has 10 heteroatoms. The Morgan fingerprint density at radius 3 is 2.45 bits per heavy atom. The normalized spacial score (nSPS) is 12.9. The highest BCUT2D eigenvalue weighted by Gasteiger charge is 2.29. The van der Waals surface area contributed by atoms with Gasteiger partial charge in [0.15, 0.2) is 17.4 Å². The Bertz CT molecular complexity index is 1180. The Morgan fingerprint density at radius 2 is 1.82 bits per heavy atom. The summed E-state index contributed by atoms with van der Waals surface area (Å²) in [4.78, 5) is 29.9. The lowest BCUT2D eigenvalue weighted by atomic mass is 10.0. The van der Waals surface area contributed by atoms with Crippen molar-refractivity contribution in [2.75, 3.05) is 13.3 Å². The second-order valence-corrected chi connectivity index (χ2v) is 8.84. The van der Waals surface area contributed by atoms with Crippen LogP contribution in [0.15, 0.2) is 47.5 Å². The van der Waals surface area contributed by atoms with Gasteiger partial charge in [0.25, 0.3) is 0 Å². The van der Waals surface area contributed by atoms with Crippen molar-refractivity contribution in [2.24, 2.45) is 0 Å². The minimum absolute atomic E-state index is 0.0278. The van der Waals surface area contributed by atoms with Gasteiger partial charge in [-0.3, -0.25) is 4.79 Å². The number of aromatic nitrogens is 1. The first-order valence-electron chi connectivity index (χ1n) is 9.90. The zero-order valence-corrected chi connectivity index (χ0v) is 19.2. The van der Waals surface area contributed by atoms with Crippen LogP contribution in [0.2, 0.25) is 0 Å². The van der Waals surface area contributed by atoms with Gasteiger partial charge in [-0.1, -0.05) is 42.1 Å². The van der Waals surface area contributed by atoms with E-state index in [1.807, 2.05) is 0 Å². The van der Waals surface area contributed by atoms with E-state index < -0.39 is 40.9 Å². The SMILES string of the molecule is CCOC(=O)c1c(S[C@@H](Cl)CF)nc2cc(F)c(F)cc2c1OC(=O)[C@H](C)c1ccccc1. The summed E-state index contributed by atoms with van der Waals surface area (Å²) < 4.78 is 50.6. The smallest absolute Gasteiger partial charge is 0.344 e. The van der Waals surface area contributed by atoms with Gasteiger partial charge in [0.1, 0.15) is 22.0 Å². The number of pyridine rings is 1. The second kappa shape index (κ2) is 10.9. The summed E-state index contributed by atoms with van der Waals surface area (Å²) in [5.74, 6) is -5.23. The van der Waals surface area contributed by atoms with Crippen LogP contribution >= 0.6 is 23.4 Å². The third kappa shape index (κ3) is 5.59. The van der Waals surface area contributed by atoms with Gasteiger partial charge < -0.3 is 9.47 Å². The van der Waals surface area contributed by atoms with Crippen molar-refractivity contribution >= 4 is 46.2 Å². The summed E-state index contributed by atoms with van der Waals surface area (Å²) in [5, 5.41) is -0.263. The number of rotatable bonds is 8. The molecule has 0 radical (unpaired) electrons. The molecule has 33 heavy (non-hydrogen) atoms. The predicted octanol–water partition coefficient (Wildman–Crippen LogP) is 6.03. The molecule has 0 aliphatic heterocycles. The molecule has 0 aliphatic carbocycles. The van der Waals surface area contributed by atoms with E-state index >= 15 is 0 Å². The molecule has 5 nitrogen and oxygen atoms in total. The summed E-state index contributed by atoms with van der Waals surface area (Å²) in [6.07, 6.45) is 0. The molecule has 0 bridgehead atoms. The van der Waals surface area contributed by atoms with E-state index in [2.05, 4.69) is 4.98 Å². The number of hydrogen-bond acceptors (Lipinski definition) is 6. The lowest BCUT2D eigenvalue weighted by Crippen LogP contribution is -2.20. The number of nitrogens with zero attached hydrogens (tertiary/aromatic N) is 1. The number of esters is 2. The third-order valence-electron chi connectivity index (χ3n) is 4.64. The molecule has 2 atom stereocenters. The fourth-order valence-electron chi connectivity index (χ4n) is 3.00. The van der Waals surface area contributed by atoms with Crippen LogP contribution in [0.4, 0.5) is 13.2 Å². The van der Waals surface area contributed by atoms with E-state index in [0.717, 1.165) is 12.1 Å². The lowest BCUT2D eigenvalue weighted by molar-refractivity contribution is -0.135. The molecule has 0 saturated carbocycles. The van der Waals surface area contributed by atoms with Gasteiger partial charge in [0.05, 0.1) is 18.0 Å².